The van der Waals surface area contributed by atoms with E-state index in [1.54, 1.807) is 25.1 Å². The van der Waals surface area contributed by atoms with Crippen LogP contribution in [0.5, 0.6) is 0 Å². The van der Waals surface area contributed by atoms with E-state index in [1.165, 1.54) is 12.4 Å². The lowest BCUT2D eigenvalue weighted by Crippen LogP contribution is -2.25. The maximum Gasteiger partial charge on any atom is 0.417 e. The molecule has 1 atom stereocenters. The van der Waals surface area contributed by atoms with E-state index in [9.17, 15) is 18.0 Å². The molecule has 3 aromatic rings. The molecule has 1 amide bonds. The van der Waals surface area contributed by atoms with Gasteiger partial charge in [-0.3, -0.25) is 10.2 Å². The van der Waals surface area contributed by atoms with Gasteiger partial charge < -0.3 is 21.3 Å². The molecule has 2 heterocycles. The number of likely N-dealkylation sites (tertiary alicyclic amines) is 1. The highest BCUT2D eigenvalue weighted by molar-refractivity contribution is 6.31. The summed E-state index contributed by atoms with van der Waals surface area (Å²) < 4.78 is 39.6. The fraction of sp³-hybridized carbons (Fsp3) is 0.259. The maximum atomic E-state index is 13.2. The maximum absolute atomic E-state index is 13.2. The summed E-state index contributed by atoms with van der Waals surface area (Å²) in [6, 6.07) is 7.99. The summed E-state index contributed by atoms with van der Waals surface area (Å²) >= 11 is 5.65. The first-order valence-electron chi connectivity index (χ1n) is 11.9. The van der Waals surface area contributed by atoms with Crippen molar-refractivity contribution in [3.05, 3.63) is 75.6 Å². The number of benzene rings is 2. The molecule has 39 heavy (non-hydrogen) atoms. The largest absolute Gasteiger partial charge is 0.417 e. The molecule has 0 bridgehead atoms. The Balaban J connectivity index is 1.55. The molecule has 1 aliphatic rings. The highest BCUT2D eigenvalue weighted by atomic mass is 35.5. The number of nitrogens with zero attached hydrogens (tertiary/aromatic N) is 3. The van der Waals surface area contributed by atoms with E-state index < -0.39 is 22.7 Å². The molecule has 1 aromatic heterocycles. The van der Waals surface area contributed by atoms with Crippen LogP contribution in [0.4, 0.5) is 30.5 Å². The van der Waals surface area contributed by atoms with Gasteiger partial charge in [-0.2, -0.15) is 13.2 Å². The number of halogens is 4. The second kappa shape index (κ2) is 11.3. The van der Waals surface area contributed by atoms with Crippen LogP contribution in [0.1, 0.15) is 39.0 Å². The minimum absolute atomic E-state index is 0.0864. The minimum atomic E-state index is -4.69. The molecule has 5 N–H and O–H groups in total. The van der Waals surface area contributed by atoms with Gasteiger partial charge in [0.05, 0.1) is 16.1 Å². The summed E-state index contributed by atoms with van der Waals surface area (Å²) in [5.74, 6) is 5.51. The highest BCUT2D eigenvalue weighted by Crippen LogP contribution is 2.35. The number of hydrogen-bond donors (Lipinski definition) is 4. The standard InChI is InChI=1S/C27H25ClF3N7O/c1-15-3-6-18(37-26(39)17-4-7-21(28)20(12-17)27(29,30)31)11-16(15)5-8-22(32)23-24(33)34-14-35-25(23)36-19-9-10-38(2)13-19/h3-4,6-7,11-12,14,19,32H,9-10,13H2,1-2H3,(H,37,39)(H3,33,34,35,36)/t19-/m1/s1. The minimum Gasteiger partial charge on any atom is -0.383 e. The lowest BCUT2D eigenvalue weighted by molar-refractivity contribution is -0.137. The molecule has 2 aromatic carbocycles. The lowest BCUT2D eigenvalue weighted by atomic mass is 10.1. The average Bonchev–Trinajstić information content (AvgIpc) is 3.28. The van der Waals surface area contributed by atoms with Crippen molar-refractivity contribution in [2.24, 2.45) is 0 Å². The van der Waals surface area contributed by atoms with Gasteiger partial charge in [-0.05, 0) is 68.8 Å². The van der Waals surface area contributed by atoms with Crippen LogP contribution >= 0.6 is 11.6 Å². The van der Waals surface area contributed by atoms with Gasteiger partial charge in [-0.1, -0.05) is 23.6 Å². The van der Waals surface area contributed by atoms with Gasteiger partial charge >= 0.3 is 6.18 Å². The monoisotopic (exact) mass is 555 g/mol. The zero-order valence-corrected chi connectivity index (χ0v) is 21.8. The number of nitrogens with one attached hydrogen (secondary N) is 3. The number of rotatable bonds is 5. The Hall–Kier alpha value is -4.14. The number of amides is 1. The third-order valence-electron chi connectivity index (χ3n) is 6.21. The predicted octanol–water partition coefficient (Wildman–Crippen LogP) is 4.83. The first kappa shape index (κ1) is 27.9. The number of nitrogens with two attached hydrogens (primary N) is 1. The molecular formula is C27H25ClF3N7O. The summed E-state index contributed by atoms with van der Waals surface area (Å²) in [5.41, 5.74) is 6.58. The summed E-state index contributed by atoms with van der Waals surface area (Å²) in [5, 5.41) is 14.0. The van der Waals surface area contributed by atoms with E-state index in [0.29, 0.717) is 28.7 Å². The first-order chi connectivity index (χ1) is 18.4. The van der Waals surface area contributed by atoms with E-state index in [-0.39, 0.29) is 23.1 Å². The third kappa shape index (κ3) is 6.66. The van der Waals surface area contributed by atoms with Gasteiger partial charge in [0.1, 0.15) is 23.7 Å². The zero-order chi connectivity index (χ0) is 28.3. The van der Waals surface area contributed by atoms with Crippen molar-refractivity contribution >= 4 is 40.5 Å². The number of likely N-dealkylation sites (N-methyl/N-ethyl adjacent to an activating group) is 1. The van der Waals surface area contributed by atoms with Crippen molar-refractivity contribution in [2.45, 2.75) is 25.6 Å². The number of aryl methyl sites for hydroxylation is 1. The highest BCUT2D eigenvalue weighted by Gasteiger charge is 2.34. The SMILES string of the molecule is Cc1ccc(NC(=O)c2ccc(Cl)c(C(F)(F)F)c2)cc1C#CC(=N)c1c(N)ncnc1N[C@@H]1CCN(C)C1. The van der Waals surface area contributed by atoms with Gasteiger partial charge in [0, 0.05) is 29.4 Å². The molecule has 0 spiro atoms. The van der Waals surface area contributed by atoms with E-state index in [0.717, 1.165) is 31.1 Å². The lowest BCUT2D eigenvalue weighted by Gasteiger charge is -2.16. The Morgan fingerprint density at radius 1 is 1.23 bits per heavy atom. The first-order valence-corrected chi connectivity index (χ1v) is 12.3. The van der Waals surface area contributed by atoms with Crippen LogP contribution in [-0.4, -0.2) is 52.7 Å². The fourth-order valence-electron chi connectivity index (χ4n) is 4.12. The van der Waals surface area contributed by atoms with Crippen LogP contribution in [0.2, 0.25) is 5.02 Å². The van der Waals surface area contributed by atoms with Gasteiger partial charge in [0.15, 0.2) is 0 Å². The van der Waals surface area contributed by atoms with Gasteiger partial charge in [0.25, 0.3) is 5.91 Å². The molecule has 1 saturated heterocycles. The predicted molar refractivity (Wildman–Crippen MR) is 145 cm³/mol. The Morgan fingerprint density at radius 2 is 2.00 bits per heavy atom. The van der Waals surface area contributed by atoms with E-state index >= 15 is 0 Å². The van der Waals surface area contributed by atoms with Crippen LogP contribution < -0.4 is 16.4 Å². The van der Waals surface area contributed by atoms with E-state index in [4.69, 9.17) is 22.7 Å². The number of carbonyl (C=O) groups excluding carboxylic acids is 1. The third-order valence-corrected chi connectivity index (χ3v) is 6.54. The molecule has 12 heteroatoms. The molecule has 4 rings (SSSR count). The normalized spacial score (nSPS) is 15.4. The Labute approximate surface area is 228 Å². The van der Waals surface area contributed by atoms with Crippen molar-refractivity contribution in [1.82, 2.24) is 14.9 Å². The second-order valence-corrected chi connectivity index (χ2v) is 9.58. The molecule has 0 unspecified atom stereocenters. The molecule has 0 saturated carbocycles. The average molecular weight is 556 g/mol. The number of carbonyl (C=O) groups is 1. The number of alkyl halides is 3. The van der Waals surface area contributed by atoms with E-state index in [2.05, 4.69) is 37.3 Å². The summed E-state index contributed by atoms with van der Waals surface area (Å²) in [6.45, 7) is 3.57. The van der Waals surface area contributed by atoms with Crippen molar-refractivity contribution in [3.63, 3.8) is 0 Å². The summed E-state index contributed by atoms with van der Waals surface area (Å²) in [4.78, 5) is 23.1. The number of aromatic nitrogens is 2. The van der Waals surface area contributed by atoms with Crippen molar-refractivity contribution in [1.29, 1.82) is 5.41 Å². The second-order valence-electron chi connectivity index (χ2n) is 9.18. The summed E-state index contributed by atoms with van der Waals surface area (Å²) in [6.07, 6.45) is -2.44. The zero-order valence-electron chi connectivity index (χ0n) is 21.1. The number of nitrogen functional groups attached to an aromatic ring is 1. The molecule has 202 valence electrons. The smallest absolute Gasteiger partial charge is 0.383 e. The molecular weight excluding hydrogens is 531 g/mol. The van der Waals surface area contributed by atoms with Gasteiger partial charge in [-0.25, -0.2) is 9.97 Å². The fourth-order valence-corrected chi connectivity index (χ4v) is 4.34. The van der Waals surface area contributed by atoms with Crippen molar-refractivity contribution in [3.8, 4) is 11.8 Å². The van der Waals surface area contributed by atoms with E-state index in [1.807, 2.05) is 7.05 Å². The summed E-state index contributed by atoms with van der Waals surface area (Å²) in [7, 11) is 2.03. The molecule has 8 nitrogen and oxygen atoms in total. The molecule has 1 aliphatic heterocycles. The van der Waals surface area contributed by atoms with Gasteiger partial charge in [-0.15, -0.1) is 0 Å². The topological polar surface area (TPSA) is 120 Å². The number of hydrogen-bond acceptors (Lipinski definition) is 7. The van der Waals surface area contributed by atoms with Crippen molar-refractivity contribution < 1.29 is 18.0 Å². The Kier molecular flexibility index (Phi) is 8.09. The Morgan fingerprint density at radius 3 is 2.69 bits per heavy atom. The van der Waals surface area contributed by atoms with Crippen LogP contribution in [0.25, 0.3) is 0 Å². The molecule has 1 fully saturated rings. The molecule has 0 aliphatic carbocycles. The number of anilines is 3. The quantitative estimate of drug-likeness (QED) is 0.264. The molecule has 0 radical (unpaired) electrons. The van der Waals surface area contributed by atoms with Crippen LogP contribution in [0.15, 0.2) is 42.7 Å². The Bertz CT molecular complexity index is 1500. The van der Waals surface area contributed by atoms with Crippen LogP contribution in [0, 0.1) is 24.2 Å². The van der Waals surface area contributed by atoms with Crippen LogP contribution in [-0.2, 0) is 6.18 Å². The van der Waals surface area contributed by atoms with Gasteiger partial charge in [0.2, 0.25) is 0 Å². The van der Waals surface area contributed by atoms with Crippen molar-refractivity contribution in [2.75, 3.05) is 36.5 Å². The van der Waals surface area contributed by atoms with Crippen LogP contribution in [0.3, 0.4) is 0 Å².